The van der Waals surface area contributed by atoms with Crippen molar-refractivity contribution in [3.8, 4) is 0 Å². The van der Waals surface area contributed by atoms with Gasteiger partial charge in [-0.15, -0.1) is 0 Å². The quantitative estimate of drug-likeness (QED) is 0.755. The van der Waals surface area contributed by atoms with Crippen molar-refractivity contribution in [3.05, 3.63) is 29.0 Å². The first-order valence-corrected chi connectivity index (χ1v) is 6.48. The van der Waals surface area contributed by atoms with E-state index in [9.17, 15) is 14.0 Å². The number of anilines is 1. The highest BCUT2D eigenvalue weighted by atomic mass is 35.5. The summed E-state index contributed by atoms with van der Waals surface area (Å²) in [5.41, 5.74) is -0.00631. The molecule has 1 unspecified atom stereocenters. The maximum atomic E-state index is 13.5. The van der Waals surface area contributed by atoms with E-state index in [-0.39, 0.29) is 23.0 Å². The lowest BCUT2D eigenvalue weighted by atomic mass is 10.1. The van der Waals surface area contributed by atoms with E-state index in [0.717, 1.165) is 0 Å². The third-order valence-corrected chi connectivity index (χ3v) is 2.95. The number of halogens is 2. The van der Waals surface area contributed by atoms with E-state index in [1.165, 1.54) is 18.2 Å². The first-order valence-electron chi connectivity index (χ1n) is 6.10. The summed E-state index contributed by atoms with van der Waals surface area (Å²) in [4.78, 5) is 22.0. The number of rotatable bonds is 6. The second-order valence-corrected chi connectivity index (χ2v) is 4.88. The number of carbonyl (C=O) groups is 2. The lowest BCUT2D eigenvalue weighted by Gasteiger charge is -2.12. The van der Waals surface area contributed by atoms with Gasteiger partial charge in [-0.2, -0.15) is 0 Å². The fraction of sp³-hybridized carbons (Fsp3) is 0.385. The molecule has 3 N–H and O–H groups in total. The normalized spacial score (nSPS) is 11.8. The molecule has 0 aromatic heterocycles. The van der Waals surface area contributed by atoms with E-state index in [2.05, 4.69) is 10.6 Å². The van der Waals surface area contributed by atoms with Crippen LogP contribution < -0.4 is 10.6 Å². The van der Waals surface area contributed by atoms with Gasteiger partial charge in [0.15, 0.2) is 5.82 Å². The summed E-state index contributed by atoms with van der Waals surface area (Å²) in [6, 6.07) is 3.74. The van der Waals surface area contributed by atoms with Crippen molar-refractivity contribution in [2.24, 2.45) is 5.92 Å². The van der Waals surface area contributed by atoms with E-state index in [1.807, 2.05) is 6.92 Å². The maximum absolute atomic E-state index is 13.5. The molecule has 110 valence electrons. The van der Waals surface area contributed by atoms with Crippen molar-refractivity contribution in [2.45, 2.75) is 19.8 Å². The molecular formula is C13H16ClFN2O3. The van der Waals surface area contributed by atoms with E-state index in [4.69, 9.17) is 16.7 Å². The molecule has 1 aromatic carbocycles. The Hall–Kier alpha value is -1.82. The third kappa shape index (κ3) is 5.44. The molecule has 2 amide bonds. The molecule has 0 bridgehead atoms. The Morgan fingerprint density at radius 2 is 2.15 bits per heavy atom. The monoisotopic (exact) mass is 302 g/mol. The number of carboxylic acids is 1. The number of carboxylic acid groups (broad SMARTS) is 1. The minimum atomic E-state index is -0.873. The third-order valence-electron chi connectivity index (χ3n) is 2.66. The first-order chi connectivity index (χ1) is 9.40. The first kappa shape index (κ1) is 16.2. The molecule has 20 heavy (non-hydrogen) atoms. The average Bonchev–Trinajstić information content (AvgIpc) is 2.39. The second-order valence-electron chi connectivity index (χ2n) is 4.47. The van der Waals surface area contributed by atoms with Gasteiger partial charge in [0.1, 0.15) is 0 Å². The summed E-state index contributed by atoms with van der Waals surface area (Å²) in [6.07, 6.45) is 0.508. The summed E-state index contributed by atoms with van der Waals surface area (Å²) in [5.74, 6) is -1.55. The summed E-state index contributed by atoms with van der Waals surface area (Å²) in [5, 5.41) is 13.4. The predicted molar refractivity (Wildman–Crippen MR) is 74.5 cm³/mol. The number of amides is 2. The molecule has 0 aliphatic rings. The summed E-state index contributed by atoms with van der Waals surface area (Å²) in [6.45, 7) is 2.13. The van der Waals surface area contributed by atoms with Crippen LogP contribution >= 0.6 is 11.6 Å². The highest BCUT2D eigenvalue weighted by Crippen LogP contribution is 2.21. The average molecular weight is 303 g/mol. The largest absolute Gasteiger partial charge is 0.481 e. The van der Waals surface area contributed by atoms with Crippen LogP contribution in [0.4, 0.5) is 14.9 Å². The van der Waals surface area contributed by atoms with Gasteiger partial charge in [-0.05, 0) is 24.5 Å². The van der Waals surface area contributed by atoms with Crippen LogP contribution in [0.15, 0.2) is 18.2 Å². The van der Waals surface area contributed by atoms with Crippen LogP contribution in [0.1, 0.15) is 19.8 Å². The highest BCUT2D eigenvalue weighted by Gasteiger charge is 2.11. The van der Waals surface area contributed by atoms with Gasteiger partial charge in [0.2, 0.25) is 0 Å². The second kappa shape index (κ2) is 7.69. The zero-order valence-corrected chi connectivity index (χ0v) is 11.7. The van der Waals surface area contributed by atoms with Crippen molar-refractivity contribution >= 4 is 29.3 Å². The molecule has 0 aliphatic carbocycles. The van der Waals surface area contributed by atoms with Gasteiger partial charge >= 0.3 is 12.0 Å². The number of aliphatic carboxylic acids is 1. The smallest absolute Gasteiger partial charge is 0.319 e. The maximum Gasteiger partial charge on any atom is 0.319 e. The zero-order valence-electron chi connectivity index (χ0n) is 11.0. The molecule has 0 radical (unpaired) electrons. The number of hydrogen-bond acceptors (Lipinski definition) is 2. The van der Waals surface area contributed by atoms with Gasteiger partial charge < -0.3 is 15.7 Å². The van der Waals surface area contributed by atoms with Gasteiger partial charge in [0.05, 0.1) is 10.7 Å². The molecule has 5 nitrogen and oxygen atoms in total. The van der Waals surface area contributed by atoms with Gasteiger partial charge in [-0.3, -0.25) is 4.79 Å². The fourth-order valence-electron chi connectivity index (χ4n) is 1.51. The summed E-state index contributed by atoms with van der Waals surface area (Å²) >= 11 is 5.59. The predicted octanol–water partition coefficient (Wildman–Crippen LogP) is 3.10. The molecule has 1 atom stereocenters. The van der Waals surface area contributed by atoms with Crippen LogP contribution in [0, 0.1) is 11.7 Å². The van der Waals surface area contributed by atoms with E-state index in [0.29, 0.717) is 13.0 Å². The number of carbonyl (C=O) groups excluding carboxylic acids is 1. The Bertz CT molecular complexity index is 497. The van der Waals surface area contributed by atoms with Gasteiger partial charge in [0, 0.05) is 13.0 Å². The minimum Gasteiger partial charge on any atom is -0.481 e. The summed E-state index contributed by atoms with van der Waals surface area (Å²) in [7, 11) is 0. The number of urea groups is 1. The molecule has 0 saturated heterocycles. The van der Waals surface area contributed by atoms with Crippen LogP contribution in [0.5, 0.6) is 0 Å². The molecule has 1 aromatic rings. The van der Waals surface area contributed by atoms with E-state index in [1.54, 1.807) is 0 Å². The molecule has 0 saturated carbocycles. The SMILES string of the molecule is CC(CCC(=O)O)CNC(=O)Nc1cccc(Cl)c1F. The molecule has 1 rings (SSSR count). The standard InChI is InChI=1S/C13H16ClFN2O3/c1-8(5-6-11(18)19)7-16-13(20)17-10-4-2-3-9(14)12(10)15/h2-4,8H,5-7H2,1H3,(H,18,19)(H2,16,17,20). The fourth-order valence-corrected chi connectivity index (χ4v) is 1.68. The Morgan fingerprint density at radius 1 is 1.45 bits per heavy atom. The molecule has 7 heteroatoms. The minimum absolute atomic E-state index is 0.00631. The molecule has 0 aliphatic heterocycles. The van der Waals surface area contributed by atoms with Crippen LogP contribution in [-0.4, -0.2) is 23.7 Å². The van der Waals surface area contributed by atoms with Crippen LogP contribution in [0.25, 0.3) is 0 Å². The van der Waals surface area contributed by atoms with Crippen LogP contribution in [0.3, 0.4) is 0 Å². The lowest BCUT2D eigenvalue weighted by molar-refractivity contribution is -0.137. The van der Waals surface area contributed by atoms with E-state index >= 15 is 0 Å². The molecule has 0 heterocycles. The lowest BCUT2D eigenvalue weighted by Crippen LogP contribution is -2.32. The summed E-state index contributed by atoms with van der Waals surface area (Å²) < 4.78 is 13.5. The van der Waals surface area contributed by atoms with Gasteiger partial charge in [-0.1, -0.05) is 24.6 Å². The van der Waals surface area contributed by atoms with Crippen molar-refractivity contribution in [1.29, 1.82) is 0 Å². The molecular weight excluding hydrogens is 287 g/mol. The van der Waals surface area contributed by atoms with Crippen molar-refractivity contribution in [1.82, 2.24) is 5.32 Å². The van der Waals surface area contributed by atoms with Crippen molar-refractivity contribution < 1.29 is 19.1 Å². The van der Waals surface area contributed by atoms with Crippen LogP contribution in [-0.2, 0) is 4.79 Å². The Kier molecular flexibility index (Phi) is 6.24. The Balaban J connectivity index is 2.40. The Morgan fingerprint density at radius 3 is 2.80 bits per heavy atom. The number of benzene rings is 1. The van der Waals surface area contributed by atoms with Crippen molar-refractivity contribution in [3.63, 3.8) is 0 Å². The molecule has 0 fully saturated rings. The molecule has 0 spiro atoms. The van der Waals surface area contributed by atoms with Crippen molar-refractivity contribution in [2.75, 3.05) is 11.9 Å². The Labute approximate surface area is 121 Å². The van der Waals surface area contributed by atoms with Gasteiger partial charge in [0.25, 0.3) is 0 Å². The van der Waals surface area contributed by atoms with Gasteiger partial charge in [-0.25, -0.2) is 9.18 Å². The van der Waals surface area contributed by atoms with Crippen LogP contribution in [0.2, 0.25) is 5.02 Å². The number of hydrogen-bond donors (Lipinski definition) is 3. The zero-order chi connectivity index (χ0) is 15.1. The number of nitrogens with one attached hydrogen (secondary N) is 2. The highest BCUT2D eigenvalue weighted by molar-refractivity contribution is 6.31. The topological polar surface area (TPSA) is 78.4 Å². The van der Waals surface area contributed by atoms with E-state index < -0.39 is 17.8 Å².